The molecule has 0 amide bonds. The molecule has 1 nitrogen and oxygen atoms in total. The first-order chi connectivity index (χ1) is 5.93. The lowest BCUT2D eigenvalue weighted by Gasteiger charge is -2.21. The zero-order valence-electron chi connectivity index (χ0n) is 8.89. The fourth-order valence-corrected chi connectivity index (χ4v) is 2.77. The van der Waals surface area contributed by atoms with Crippen LogP contribution in [0.1, 0.15) is 45.4 Å². The Labute approximate surface area is 80.2 Å². The van der Waals surface area contributed by atoms with Crippen molar-refractivity contribution in [1.29, 1.82) is 0 Å². The standard InChI is InChI=1S/C12H17N/c1-11(2)8-12(3,4)10-9(11)6-5-7-13-10/h5-7H,8H2,1-4H3. The highest BCUT2D eigenvalue weighted by molar-refractivity contribution is 5.39. The molecule has 0 bridgehead atoms. The van der Waals surface area contributed by atoms with Gasteiger partial charge in [-0.05, 0) is 23.5 Å². The first-order valence-corrected chi connectivity index (χ1v) is 4.89. The van der Waals surface area contributed by atoms with Crippen LogP contribution in [-0.4, -0.2) is 4.98 Å². The van der Waals surface area contributed by atoms with Crippen LogP contribution in [-0.2, 0) is 10.8 Å². The molecule has 1 heteroatoms. The van der Waals surface area contributed by atoms with E-state index >= 15 is 0 Å². The Morgan fingerprint density at radius 3 is 2.46 bits per heavy atom. The largest absolute Gasteiger partial charge is 0.260 e. The van der Waals surface area contributed by atoms with E-state index in [2.05, 4.69) is 38.7 Å². The molecule has 1 heterocycles. The summed E-state index contributed by atoms with van der Waals surface area (Å²) in [6, 6.07) is 4.26. The van der Waals surface area contributed by atoms with Gasteiger partial charge >= 0.3 is 0 Å². The van der Waals surface area contributed by atoms with Gasteiger partial charge in [-0.1, -0.05) is 33.8 Å². The molecule has 0 aromatic carbocycles. The second kappa shape index (κ2) is 2.34. The van der Waals surface area contributed by atoms with Gasteiger partial charge in [0.15, 0.2) is 0 Å². The molecule has 0 N–H and O–H groups in total. The molecule has 0 aliphatic heterocycles. The third-order valence-electron chi connectivity index (χ3n) is 3.06. The Hall–Kier alpha value is -0.850. The molecule has 0 unspecified atom stereocenters. The van der Waals surface area contributed by atoms with Gasteiger partial charge in [0.2, 0.25) is 0 Å². The van der Waals surface area contributed by atoms with Crippen LogP contribution in [0.15, 0.2) is 18.3 Å². The normalized spacial score (nSPS) is 22.8. The van der Waals surface area contributed by atoms with E-state index in [1.165, 1.54) is 17.7 Å². The van der Waals surface area contributed by atoms with Gasteiger partial charge in [0, 0.05) is 17.3 Å². The Morgan fingerprint density at radius 2 is 1.85 bits per heavy atom. The number of hydrogen-bond acceptors (Lipinski definition) is 1. The maximum absolute atomic E-state index is 4.51. The molecule has 1 aliphatic rings. The van der Waals surface area contributed by atoms with Crippen molar-refractivity contribution in [2.45, 2.75) is 44.9 Å². The average Bonchev–Trinajstić information content (AvgIpc) is 2.20. The van der Waals surface area contributed by atoms with E-state index in [0.717, 1.165) is 0 Å². The molecular formula is C12H17N. The molecule has 1 aromatic heterocycles. The summed E-state index contributed by atoms with van der Waals surface area (Å²) in [5.74, 6) is 0. The summed E-state index contributed by atoms with van der Waals surface area (Å²) in [6.45, 7) is 9.19. The monoisotopic (exact) mass is 175 g/mol. The molecule has 13 heavy (non-hydrogen) atoms. The van der Waals surface area contributed by atoms with Gasteiger partial charge in [-0.2, -0.15) is 0 Å². The summed E-state index contributed by atoms with van der Waals surface area (Å²) >= 11 is 0. The maximum atomic E-state index is 4.51. The van der Waals surface area contributed by atoms with Crippen LogP contribution in [0.2, 0.25) is 0 Å². The topological polar surface area (TPSA) is 12.9 Å². The van der Waals surface area contributed by atoms with E-state index in [-0.39, 0.29) is 5.41 Å². The second-order valence-corrected chi connectivity index (χ2v) is 5.34. The third-order valence-corrected chi connectivity index (χ3v) is 3.06. The van der Waals surface area contributed by atoms with E-state index in [0.29, 0.717) is 5.41 Å². The Kier molecular flexibility index (Phi) is 1.57. The molecule has 2 rings (SSSR count). The highest BCUT2D eigenvalue weighted by Gasteiger charge is 2.42. The minimum Gasteiger partial charge on any atom is -0.260 e. The van der Waals surface area contributed by atoms with Crippen molar-refractivity contribution < 1.29 is 0 Å². The molecule has 70 valence electrons. The molecule has 0 saturated heterocycles. The molecular weight excluding hydrogens is 158 g/mol. The highest BCUT2D eigenvalue weighted by Crippen LogP contribution is 2.47. The van der Waals surface area contributed by atoms with E-state index in [9.17, 15) is 0 Å². The molecule has 0 saturated carbocycles. The number of hydrogen-bond donors (Lipinski definition) is 0. The van der Waals surface area contributed by atoms with Crippen LogP contribution in [0.5, 0.6) is 0 Å². The summed E-state index contributed by atoms with van der Waals surface area (Å²) in [4.78, 5) is 4.51. The lowest BCUT2D eigenvalue weighted by molar-refractivity contribution is 0.399. The number of pyridine rings is 1. The number of aromatic nitrogens is 1. The van der Waals surface area contributed by atoms with Crippen LogP contribution in [0.3, 0.4) is 0 Å². The Balaban J connectivity index is 2.64. The summed E-state index contributed by atoms with van der Waals surface area (Å²) in [6.07, 6.45) is 3.11. The van der Waals surface area contributed by atoms with Gasteiger partial charge in [0.25, 0.3) is 0 Å². The predicted molar refractivity (Wildman–Crippen MR) is 54.9 cm³/mol. The zero-order chi connectivity index (χ0) is 9.69. The predicted octanol–water partition coefficient (Wildman–Crippen LogP) is 3.04. The second-order valence-electron chi connectivity index (χ2n) is 5.34. The summed E-state index contributed by atoms with van der Waals surface area (Å²) < 4.78 is 0. The van der Waals surface area contributed by atoms with Crippen LogP contribution < -0.4 is 0 Å². The summed E-state index contributed by atoms with van der Waals surface area (Å²) in [5, 5.41) is 0. The van der Waals surface area contributed by atoms with Gasteiger partial charge in [-0.25, -0.2) is 0 Å². The molecule has 0 fully saturated rings. The van der Waals surface area contributed by atoms with Crippen molar-refractivity contribution in [2.24, 2.45) is 0 Å². The van der Waals surface area contributed by atoms with Crippen molar-refractivity contribution in [3.05, 3.63) is 29.6 Å². The molecule has 0 radical (unpaired) electrons. The first-order valence-electron chi connectivity index (χ1n) is 4.89. The summed E-state index contributed by atoms with van der Waals surface area (Å²) in [7, 11) is 0. The third kappa shape index (κ3) is 1.18. The zero-order valence-corrected chi connectivity index (χ0v) is 8.89. The van der Waals surface area contributed by atoms with E-state index < -0.39 is 0 Å². The van der Waals surface area contributed by atoms with Gasteiger partial charge in [0.1, 0.15) is 0 Å². The lowest BCUT2D eigenvalue weighted by Crippen LogP contribution is -2.18. The van der Waals surface area contributed by atoms with E-state index in [1.807, 2.05) is 12.3 Å². The number of nitrogens with zero attached hydrogens (tertiary/aromatic N) is 1. The van der Waals surface area contributed by atoms with Crippen molar-refractivity contribution >= 4 is 0 Å². The minimum absolute atomic E-state index is 0.250. The van der Waals surface area contributed by atoms with Crippen molar-refractivity contribution in [2.75, 3.05) is 0 Å². The molecule has 1 aliphatic carbocycles. The average molecular weight is 175 g/mol. The fraction of sp³-hybridized carbons (Fsp3) is 0.583. The minimum atomic E-state index is 0.250. The van der Waals surface area contributed by atoms with E-state index in [4.69, 9.17) is 0 Å². The van der Waals surface area contributed by atoms with Crippen LogP contribution >= 0.6 is 0 Å². The fourth-order valence-electron chi connectivity index (χ4n) is 2.77. The van der Waals surface area contributed by atoms with Crippen LogP contribution in [0.4, 0.5) is 0 Å². The van der Waals surface area contributed by atoms with Crippen molar-refractivity contribution in [3.8, 4) is 0 Å². The molecule has 0 spiro atoms. The van der Waals surface area contributed by atoms with Gasteiger partial charge < -0.3 is 0 Å². The highest BCUT2D eigenvalue weighted by atomic mass is 14.7. The number of fused-ring (bicyclic) bond motifs is 1. The van der Waals surface area contributed by atoms with Crippen LogP contribution in [0, 0.1) is 0 Å². The first kappa shape index (κ1) is 8.74. The Bertz CT molecular complexity index is 304. The smallest absolute Gasteiger partial charge is 0.0497 e. The van der Waals surface area contributed by atoms with Crippen molar-refractivity contribution in [1.82, 2.24) is 4.98 Å². The van der Waals surface area contributed by atoms with E-state index in [1.54, 1.807) is 0 Å². The summed E-state index contributed by atoms with van der Waals surface area (Å²) in [5.41, 5.74) is 3.27. The van der Waals surface area contributed by atoms with Gasteiger partial charge in [0.05, 0.1) is 0 Å². The quantitative estimate of drug-likeness (QED) is 0.590. The number of rotatable bonds is 0. The van der Waals surface area contributed by atoms with Crippen LogP contribution in [0.25, 0.3) is 0 Å². The SMILES string of the molecule is CC1(C)CC(C)(C)c2ncccc21. The van der Waals surface area contributed by atoms with Gasteiger partial charge in [-0.3, -0.25) is 4.98 Å². The van der Waals surface area contributed by atoms with Gasteiger partial charge in [-0.15, -0.1) is 0 Å². The maximum Gasteiger partial charge on any atom is 0.0497 e. The Morgan fingerprint density at radius 1 is 1.15 bits per heavy atom. The lowest BCUT2D eigenvalue weighted by atomic mass is 9.82. The van der Waals surface area contributed by atoms with Crippen molar-refractivity contribution in [3.63, 3.8) is 0 Å². The molecule has 1 aromatic rings. The molecule has 0 atom stereocenters.